The number of ether oxygens (including phenoxy) is 1. The summed E-state index contributed by atoms with van der Waals surface area (Å²) in [6, 6.07) is 0. The van der Waals surface area contributed by atoms with Crippen LogP contribution in [0.4, 0.5) is 0 Å². The molecule has 1 aliphatic rings. The van der Waals surface area contributed by atoms with E-state index < -0.39 is 11.5 Å². The number of hydrogen-bond donors (Lipinski definition) is 0. The van der Waals surface area contributed by atoms with Crippen molar-refractivity contribution >= 4 is 11.7 Å². The van der Waals surface area contributed by atoms with Gasteiger partial charge in [0.1, 0.15) is 5.92 Å². The summed E-state index contributed by atoms with van der Waals surface area (Å²) in [6.45, 7) is 11.7. The highest BCUT2D eigenvalue weighted by molar-refractivity contribution is 6.03. The van der Waals surface area contributed by atoms with Gasteiger partial charge in [-0.05, 0) is 6.92 Å². The van der Waals surface area contributed by atoms with E-state index in [0.717, 1.165) is 4.74 Å². The number of esters is 1. The molecule has 1 unspecified atom stereocenters. The average molecular weight is 241 g/mol. The maximum Gasteiger partial charge on any atom is 0.319 e. The van der Waals surface area contributed by atoms with Crippen molar-refractivity contribution in [2.75, 3.05) is 6.61 Å². The lowest BCUT2D eigenvalue weighted by Crippen LogP contribution is -2.36. The zero-order valence-corrected chi connectivity index (χ0v) is 11.7. The minimum absolute atomic E-state index is 0.274. The fourth-order valence-corrected chi connectivity index (χ4v) is 2.41. The Hall–Kier alpha value is -1.06. The van der Waals surface area contributed by atoms with Gasteiger partial charge in [-0.1, -0.05) is 20.8 Å². The summed E-state index contributed by atoms with van der Waals surface area (Å²) < 4.78 is 6.08. The van der Waals surface area contributed by atoms with Crippen LogP contribution in [-0.2, 0) is 9.53 Å². The molecule has 0 saturated heterocycles. The van der Waals surface area contributed by atoms with Gasteiger partial charge in [0.2, 0.25) is 0 Å². The number of rotatable bonds is 2. The zero-order valence-electron chi connectivity index (χ0n) is 11.7. The molecular formula is C13H23NO3. The van der Waals surface area contributed by atoms with E-state index >= 15 is 0 Å². The smallest absolute Gasteiger partial charge is 0.319 e. The van der Waals surface area contributed by atoms with Crippen LogP contribution in [-0.4, -0.2) is 28.6 Å². The maximum atomic E-state index is 12.3. The van der Waals surface area contributed by atoms with Crippen molar-refractivity contribution in [3.63, 3.8) is 0 Å². The van der Waals surface area contributed by atoms with Gasteiger partial charge in [0.15, 0.2) is 11.3 Å². The molecule has 98 valence electrons. The number of hydroxylamine groups is 1. The highest BCUT2D eigenvalue weighted by Crippen LogP contribution is 2.36. The lowest BCUT2D eigenvalue weighted by atomic mass is 9.81. The van der Waals surface area contributed by atoms with Crippen LogP contribution in [0.3, 0.4) is 0 Å². The molecule has 4 heteroatoms. The topological polar surface area (TPSA) is 52.4 Å². The van der Waals surface area contributed by atoms with Gasteiger partial charge in [-0.15, -0.1) is 0 Å². The minimum Gasteiger partial charge on any atom is -0.623 e. The van der Waals surface area contributed by atoms with Crippen LogP contribution >= 0.6 is 0 Å². The first kappa shape index (κ1) is 14.0. The molecule has 0 N–H and O–H groups in total. The van der Waals surface area contributed by atoms with E-state index in [0.29, 0.717) is 18.7 Å². The van der Waals surface area contributed by atoms with Crippen LogP contribution in [0.25, 0.3) is 0 Å². The van der Waals surface area contributed by atoms with Crippen molar-refractivity contribution in [2.45, 2.75) is 53.5 Å². The quantitative estimate of drug-likeness (QED) is 0.423. The second kappa shape index (κ2) is 4.31. The number of nitrogens with zero attached hydrogens (tertiary/aromatic N) is 1. The molecule has 0 aromatic heterocycles. The summed E-state index contributed by atoms with van der Waals surface area (Å²) in [7, 11) is 0. The van der Waals surface area contributed by atoms with Crippen LogP contribution in [0.2, 0.25) is 0 Å². The molecule has 0 fully saturated rings. The lowest BCUT2D eigenvalue weighted by molar-refractivity contribution is -0.533. The second-order valence-electron chi connectivity index (χ2n) is 6.25. The van der Waals surface area contributed by atoms with Crippen molar-refractivity contribution in [3.8, 4) is 0 Å². The summed E-state index contributed by atoms with van der Waals surface area (Å²) in [4.78, 5) is 11.9. The Balaban J connectivity index is 3.14. The molecular weight excluding hydrogens is 218 g/mol. The van der Waals surface area contributed by atoms with Crippen molar-refractivity contribution in [1.82, 2.24) is 0 Å². The Morgan fingerprint density at radius 3 is 2.47 bits per heavy atom. The predicted octanol–water partition coefficient (Wildman–Crippen LogP) is 2.35. The van der Waals surface area contributed by atoms with Crippen LogP contribution in [0.5, 0.6) is 0 Å². The first-order valence-corrected chi connectivity index (χ1v) is 6.12. The third-order valence-corrected chi connectivity index (χ3v) is 3.14. The molecule has 1 rings (SSSR count). The molecule has 0 spiro atoms. The number of carbonyl (C=O) groups excluding carboxylic acids is 1. The zero-order chi connectivity index (χ0) is 13.4. The molecule has 1 atom stereocenters. The fraction of sp³-hybridized carbons (Fsp3) is 0.846. The van der Waals surface area contributed by atoms with Crippen LogP contribution < -0.4 is 0 Å². The molecule has 0 amide bonds. The van der Waals surface area contributed by atoms with Crippen molar-refractivity contribution in [1.29, 1.82) is 0 Å². The van der Waals surface area contributed by atoms with E-state index in [4.69, 9.17) is 4.74 Å². The Bertz CT molecular complexity index is 350. The highest BCUT2D eigenvalue weighted by Gasteiger charge is 2.52. The van der Waals surface area contributed by atoms with E-state index in [-0.39, 0.29) is 11.4 Å². The summed E-state index contributed by atoms with van der Waals surface area (Å²) >= 11 is 0. The fourth-order valence-electron chi connectivity index (χ4n) is 2.41. The highest BCUT2D eigenvalue weighted by atomic mass is 16.5. The summed E-state index contributed by atoms with van der Waals surface area (Å²) in [5, 5.41) is 12.3. The molecule has 1 aliphatic heterocycles. The van der Waals surface area contributed by atoms with Crippen LogP contribution in [0.1, 0.15) is 48.0 Å². The summed E-state index contributed by atoms with van der Waals surface area (Å²) in [5.41, 5.74) is -0.201. The molecule has 0 bridgehead atoms. The molecule has 17 heavy (non-hydrogen) atoms. The van der Waals surface area contributed by atoms with Gasteiger partial charge in [-0.25, -0.2) is 4.74 Å². The van der Waals surface area contributed by atoms with E-state index in [1.807, 2.05) is 34.6 Å². The lowest BCUT2D eigenvalue weighted by Gasteiger charge is -2.22. The van der Waals surface area contributed by atoms with Gasteiger partial charge >= 0.3 is 5.97 Å². The van der Waals surface area contributed by atoms with Gasteiger partial charge < -0.3 is 9.94 Å². The number of carbonyl (C=O) groups is 1. The van der Waals surface area contributed by atoms with E-state index in [1.165, 1.54) is 0 Å². The van der Waals surface area contributed by atoms with Crippen molar-refractivity contribution in [2.24, 2.45) is 11.3 Å². The SMILES string of the molecule is CCOC(=O)C1CC(C)(C)[N+]([O-])=C1C(C)(C)C. The molecule has 4 nitrogen and oxygen atoms in total. The largest absolute Gasteiger partial charge is 0.623 e. The van der Waals surface area contributed by atoms with E-state index in [9.17, 15) is 10.0 Å². The second-order valence-corrected chi connectivity index (χ2v) is 6.25. The van der Waals surface area contributed by atoms with E-state index in [1.54, 1.807) is 6.92 Å². The summed E-state index contributed by atoms with van der Waals surface area (Å²) in [6.07, 6.45) is 0.530. The Kier molecular flexibility index (Phi) is 3.55. The van der Waals surface area contributed by atoms with Crippen molar-refractivity contribution < 1.29 is 14.3 Å². The molecule has 0 aromatic carbocycles. The third-order valence-electron chi connectivity index (χ3n) is 3.14. The standard InChI is InChI=1S/C13H23NO3/c1-7-17-11(15)9-8-13(5,6)14(16)10(9)12(2,3)4/h9H,7-8H2,1-6H3. The van der Waals surface area contributed by atoms with Crippen LogP contribution in [0, 0.1) is 16.5 Å². The first-order chi connectivity index (χ1) is 7.61. The number of hydrogen-bond acceptors (Lipinski definition) is 3. The minimum atomic E-state index is -0.528. The van der Waals surface area contributed by atoms with Crippen molar-refractivity contribution in [3.05, 3.63) is 5.21 Å². The summed E-state index contributed by atoms with van der Waals surface area (Å²) in [5.74, 6) is -0.675. The molecule has 0 radical (unpaired) electrons. The molecule has 0 aromatic rings. The van der Waals surface area contributed by atoms with Gasteiger partial charge in [0, 0.05) is 25.7 Å². The Morgan fingerprint density at radius 2 is 2.06 bits per heavy atom. The normalized spacial score (nSPS) is 24.0. The average Bonchev–Trinajstić information content (AvgIpc) is 2.37. The third kappa shape index (κ3) is 2.61. The molecule has 0 saturated carbocycles. The predicted molar refractivity (Wildman–Crippen MR) is 66.9 cm³/mol. The van der Waals surface area contributed by atoms with Gasteiger partial charge in [0.05, 0.1) is 6.61 Å². The Labute approximate surface area is 103 Å². The van der Waals surface area contributed by atoms with Crippen LogP contribution in [0.15, 0.2) is 0 Å². The maximum absolute atomic E-state index is 12.3. The monoisotopic (exact) mass is 241 g/mol. The Morgan fingerprint density at radius 1 is 1.53 bits per heavy atom. The van der Waals surface area contributed by atoms with E-state index in [2.05, 4.69) is 0 Å². The van der Waals surface area contributed by atoms with Gasteiger partial charge in [-0.3, -0.25) is 4.79 Å². The first-order valence-electron chi connectivity index (χ1n) is 6.12. The molecule has 0 aliphatic carbocycles. The van der Waals surface area contributed by atoms with Gasteiger partial charge in [0.25, 0.3) is 0 Å². The molecule has 1 heterocycles. The van der Waals surface area contributed by atoms with Gasteiger partial charge in [-0.2, -0.15) is 0 Å².